The van der Waals surface area contributed by atoms with Gasteiger partial charge >= 0.3 is 0 Å². The predicted molar refractivity (Wildman–Crippen MR) is 123 cm³/mol. The van der Waals surface area contributed by atoms with Gasteiger partial charge in [-0.1, -0.05) is 42.5 Å². The van der Waals surface area contributed by atoms with Crippen molar-refractivity contribution in [1.82, 2.24) is 19.7 Å². The van der Waals surface area contributed by atoms with E-state index >= 15 is 0 Å². The third kappa shape index (κ3) is 3.80. The van der Waals surface area contributed by atoms with Gasteiger partial charge in [-0.2, -0.15) is 5.10 Å². The molecule has 1 N–H and O–H groups in total. The summed E-state index contributed by atoms with van der Waals surface area (Å²) in [4.78, 5) is 19.7. The van der Waals surface area contributed by atoms with Crippen molar-refractivity contribution in [3.63, 3.8) is 0 Å². The molecule has 0 aliphatic rings. The lowest BCUT2D eigenvalue weighted by Gasteiger charge is -2.19. The van der Waals surface area contributed by atoms with Gasteiger partial charge in [0.15, 0.2) is 5.13 Å². The summed E-state index contributed by atoms with van der Waals surface area (Å²) >= 11 is 1.58. The largest absolute Gasteiger partial charge is 0.339 e. The van der Waals surface area contributed by atoms with Crippen LogP contribution >= 0.6 is 11.3 Å². The van der Waals surface area contributed by atoms with Crippen LogP contribution in [-0.4, -0.2) is 38.7 Å². The van der Waals surface area contributed by atoms with Crippen LogP contribution in [0.25, 0.3) is 15.9 Å². The fourth-order valence-corrected chi connectivity index (χ4v) is 4.34. The number of fused-ring (bicyclic) bond motifs is 1. The lowest BCUT2D eigenvalue weighted by atomic mass is 10.2. The first-order valence-corrected chi connectivity index (χ1v) is 11.0. The minimum Gasteiger partial charge on any atom is -0.339 e. The molecule has 4 rings (SSSR count). The monoisotopic (exact) mass is 419 g/mol. The van der Waals surface area contributed by atoms with Crippen LogP contribution in [0.3, 0.4) is 0 Å². The van der Waals surface area contributed by atoms with Crippen molar-refractivity contribution in [3.8, 4) is 5.69 Å². The van der Waals surface area contributed by atoms with Gasteiger partial charge in [0.2, 0.25) is 0 Å². The molecule has 0 unspecified atom stereocenters. The summed E-state index contributed by atoms with van der Waals surface area (Å²) < 4.78 is 2.89. The lowest BCUT2D eigenvalue weighted by molar-refractivity contribution is 0.0774. The summed E-state index contributed by atoms with van der Waals surface area (Å²) in [6, 6.07) is 16.1. The Morgan fingerprint density at radius 3 is 2.57 bits per heavy atom. The van der Waals surface area contributed by atoms with E-state index in [9.17, 15) is 4.79 Å². The average molecular weight is 420 g/mol. The Morgan fingerprint density at radius 2 is 1.87 bits per heavy atom. The number of rotatable bonds is 7. The molecule has 0 fully saturated rings. The molecule has 0 atom stereocenters. The van der Waals surface area contributed by atoms with Crippen molar-refractivity contribution >= 4 is 38.4 Å². The van der Waals surface area contributed by atoms with Gasteiger partial charge in [0.25, 0.3) is 5.91 Å². The van der Waals surface area contributed by atoms with Gasteiger partial charge in [0.05, 0.1) is 22.1 Å². The Labute approximate surface area is 180 Å². The fraction of sp³-hybridized carbons (Fsp3) is 0.261. The van der Waals surface area contributed by atoms with Crippen molar-refractivity contribution < 1.29 is 4.79 Å². The van der Waals surface area contributed by atoms with Gasteiger partial charge in [-0.3, -0.25) is 4.79 Å². The van der Waals surface area contributed by atoms with E-state index in [0.717, 1.165) is 27.5 Å². The van der Waals surface area contributed by atoms with Crippen molar-refractivity contribution in [2.75, 3.05) is 18.4 Å². The normalized spacial score (nSPS) is 11.0. The molecule has 2 aromatic carbocycles. The molecule has 1 amide bonds. The molecular formula is C23H25N5OS. The number of nitrogens with one attached hydrogen (secondary N) is 1. The molecule has 0 aliphatic carbocycles. The Bertz CT molecular complexity index is 1160. The zero-order chi connectivity index (χ0) is 21.1. The number of aromatic nitrogens is 3. The van der Waals surface area contributed by atoms with E-state index in [0.29, 0.717) is 24.5 Å². The van der Waals surface area contributed by atoms with Crippen molar-refractivity contribution in [3.05, 3.63) is 65.9 Å². The average Bonchev–Trinajstić information content (AvgIpc) is 3.38. The van der Waals surface area contributed by atoms with E-state index in [2.05, 4.69) is 29.5 Å². The standard InChI is InChI=1S/C23H25N5OS/c1-4-16-12-13-19-20(14-16)30-23(25-19)26-21-18(22(29)27(5-2)6-3)15-24-28(21)17-10-8-7-9-11-17/h7-15H,4-6H2,1-3H3,(H,25,26). The summed E-state index contributed by atoms with van der Waals surface area (Å²) in [5.41, 5.74) is 3.65. The van der Waals surface area contributed by atoms with Gasteiger partial charge in [-0.25, -0.2) is 9.67 Å². The summed E-state index contributed by atoms with van der Waals surface area (Å²) in [6.45, 7) is 7.40. The van der Waals surface area contributed by atoms with Crippen LogP contribution in [-0.2, 0) is 6.42 Å². The molecule has 0 aliphatic heterocycles. The van der Waals surface area contributed by atoms with Crippen LogP contribution < -0.4 is 5.32 Å². The van der Waals surface area contributed by atoms with E-state index in [1.54, 1.807) is 27.1 Å². The second-order valence-electron chi connectivity index (χ2n) is 6.93. The molecule has 2 heterocycles. The first-order chi connectivity index (χ1) is 14.6. The first-order valence-electron chi connectivity index (χ1n) is 10.2. The maximum atomic E-state index is 13.1. The van der Waals surface area contributed by atoms with E-state index in [1.165, 1.54) is 5.56 Å². The Morgan fingerprint density at radius 1 is 1.10 bits per heavy atom. The molecule has 4 aromatic rings. The number of benzene rings is 2. The topological polar surface area (TPSA) is 63.1 Å². The predicted octanol–water partition coefficient (Wildman–Crippen LogP) is 5.27. The quantitative estimate of drug-likeness (QED) is 0.443. The number of amides is 1. The van der Waals surface area contributed by atoms with Gasteiger partial charge in [0.1, 0.15) is 11.4 Å². The molecule has 30 heavy (non-hydrogen) atoms. The van der Waals surface area contributed by atoms with Crippen LogP contribution in [0.15, 0.2) is 54.7 Å². The maximum absolute atomic E-state index is 13.1. The summed E-state index contributed by atoms with van der Waals surface area (Å²) in [5, 5.41) is 8.65. The fourth-order valence-electron chi connectivity index (χ4n) is 3.42. The van der Waals surface area contributed by atoms with E-state index in [4.69, 9.17) is 4.98 Å². The highest BCUT2D eigenvalue weighted by Crippen LogP contribution is 2.31. The minimum absolute atomic E-state index is 0.0425. The van der Waals surface area contributed by atoms with E-state index in [1.807, 2.05) is 50.2 Å². The molecule has 0 saturated carbocycles. The molecule has 154 valence electrons. The lowest BCUT2D eigenvalue weighted by Crippen LogP contribution is -2.30. The number of carbonyl (C=O) groups excluding carboxylic acids is 1. The van der Waals surface area contributed by atoms with Crippen molar-refractivity contribution in [2.24, 2.45) is 0 Å². The summed E-state index contributed by atoms with van der Waals surface area (Å²) in [5.74, 6) is 0.590. The number of para-hydroxylation sites is 1. The zero-order valence-electron chi connectivity index (χ0n) is 17.4. The molecule has 0 saturated heterocycles. The Kier molecular flexibility index (Phi) is 5.81. The first kappa shape index (κ1) is 20.1. The highest BCUT2D eigenvalue weighted by atomic mass is 32.1. The Hall–Kier alpha value is -3.19. The smallest absolute Gasteiger partial charge is 0.259 e. The maximum Gasteiger partial charge on any atom is 0.259 e. The second-order valence-corrected chi connectivity index (χ2v) is 7.96. The molecule has 0 bridgehead atoms. The second kappa shape index (κ2) is 8.67. The van der Waals surface area contributed by atoms with Crippen LogP contribution in [0.4, 0.5) is 10.9 Å². The summed E-state index contributed by atoms with van der Waals surface area (Å²) in [6.07, 6.45) is 2.62. The number of anilines is 2. The number of thiazole rings is 1. The molecule has 7 heteroatoms. The van der Waals surface area contributed by atoms with Gasteiger partial charge in [-0.05, 0) is 50.1 Å². The molecular weight excluding hydrogens is 394 g/mol. The third-order valence-electron chi connectivity index (χ3n) is 5.14. The number of aryl methyl sites for hydroxylation is 1. The number of nitrogens with zero attached hydrogens (tertiary/aromatic N) is 4. The molecule has 0 radical (unpaired) electrons. The number of hydrogen-bond donors (Lipinski definition) is 1. The van der Waals surface area contributed by atoms with Crippen molar-refractivity contribution in [2.45, 2.75) is 27.2 Å². The van der Waals surface area contributed by atoms with Crippen LogP contribution in [0.2, 0.25) is 0 Å². The van der Waals surface area contributed by atoms with E-state index < -0.39 is 0 Å². The molecule has 2 aromatic heterocycles. The molecule has 6 nitrogen and oxygen atoms in total. The van der Waals surface area contributed by atoms with Gasteiger partial charge in [-0.15, -0.1) is 0 Å². The van der Waals surface area contributed by atoms with Gasteiger partial charge in [0, 0.05) is 13.1 Å². The van der Waals surface area contributed by atoms with Crippen LogP contribution in [0.5, 0.6) is 0 Å². The van der Waals surface area contributed by atoms with Crippen LogP contribution in [0, 0.1) is 0 Å². The zero-order valence-corrected chi connectivity index (χ0v) is 18.2. The summed E-state index contributed by atoms with van der Waals surface area (Å²) in [7, 11) is 0. The third-order valence-corrected chi connectivity index (χ3v) is 6.07. The molecule has 0 spiro atoms. The SMILES string of the molecule is CCc1ccc2nc(Nc3c(C(=O)N(CC)CC)cnn3-c3ccccc3)sc2c1. The minimum atomic E-state index is -0.0425. The Balaban J connectivity index is 1.78. The van der Waals surface area contributed by atoms with Crippen LogP contribution in [0.1, 0.15) is 36.7 Å². The van der Waals surface area contributed by atoms with Gasteiger partial charge < -0.3 is 10.2 Å². The highest BCUT2D eigenvalue weighted by molar-refractivity contribution is 7.22. The van der Waals surface area contributed by atoms with E-state index in [-0.39, 0.29) is 5.91 Å². The van der Waals surface area contributed by atoms with Crippen molar-refractivity contribution in [1.29, 1.82) is 0 Å². The number of hydrogen-bond acceptors (Lipinski definition) is 5. The highest BCUT2D eigenvalue weighted by Gasteiger charge is 2.23. The number of carbonyl (C=O) groups is 1.